The van der Waals surface area contributed by atoms with E-state index in [1.54, 1.807) is 0 Å². The number of aliphatic hydroxyl groups is 1. The highest BCUT2D eigenvalue weighted by Gasteiger charge is 2.42. The zero-order valence-electron chi connectivity index (χ0n) is 13.0. The van der Waals surface area contributed by atoms with Crippen LogP contribution < -0.4 is 0 Å². The standard InChI is InChI=1S/C14H28O4Si/c1-14(2,3)19(5,6)18-12-8-10(13(16)17-4)7-11(15)9-12/h10-12,15H,7-9H2,1-6H3/t10-,11+,12+/m0/s1. The molecule has 1 saturated carbocycles. The van der Waals surface area contributed by atoms with Crippen LogP contribution in [0.3, 0.4) is 0 Å². The normalized spacial score (nSPS) is 29.1. The van der Waals surface area contributed by atoms with Gasteiger partial charge in [-0.3, -0.25) is 4.79 Å². The summed E-state index contributed by atoms with van der Waals surface area (Å²) in [6.45, 7) is 11.0. The van der Waals surface area contributed by atoms with Gasteiger partial charge in [0.1, 0.15) is 0 Å². The second-order valence-electron chi connectivity index (χ2n) is 7.08. The second kappa shape index (κ2) is 5.93. The molecule has 1 aliphatic carbocycles. The smallest absolute Gasteiger partial charge is 0.308 e. The van der Waals surface area contributed by atoms with Crippen molar-refractivity contribution >= 4 is 14.3 Å². The van der Waals surface area contributed by atoms with Gasteiger partial charge in [-0.2, -0.15) is 0 Å². The van der Waals surface area contributed by atoms with Crippen LogP contribution in [0.2, 0.25) is 18.1 Å². The summed E-state index contributed by atoms with van der Waals surface area (Å²) in [5.74, 6) is -0.467. The van der Waals surface area contributed by atoms with Crippen LogP contribution in [-0.4, -0.2) is 38.7 Å². The lowest BCUT2D eigenvalue weighted by atomic mass is 9.85. The number of hydrogen-bond donors (Lipinski definition) is 1. The topological polar surface area (TPSA) is 55.8 Å². The van der Waals surface area contributed by atoms with Gasteiger partial charge in [-0.15, -0.1) is 0 Å². The van der Waals surface area contributed by atoms with Crippen LogP contribution in [0.25, 0.3) is 0 Å². The van der Waals surface area contributed by atoms with Crippen molar-refractivity contribution in [2.75, 3.05) is 7.11 Å². The maximum atomic E-state index is 11.6. The third kappa shape index (κ3) is 4.29. The quantitative estimate of drug-likeness (QED) is 0.641. The van der Waals surface area contributed by atoms with Gasteiger partial charge in [0, 0.05) is 6.10 Å². The van der Waals surface area contributed by atoms with Gasteiger partial charge in [0.25, 0.3) is 0 Å². The molecular formula is C14H28O4Si. The Morgan fingerprint density at radius 3 is 2.26 bits per heavy atom. The molecule has 0 spiro atoms. The molecule has 0 aromatic rings. The largest absolute Gasteiger partial charge is 0.469 e. The summed E-state index contributed by atoms with van der Waals surface area (Å²) in [7, 11) is -0.464. The zero-order chi connectivity index (χ0) is 14.8. The lowest BCUT2D eigenvalue weighted by Gasteiger charge is -2.42. The predicted molar refractivity (Wildman–Crippen MR) is 77.4 cm³/mol. The van der Waals surface area contributed by atoms with E-state index in [1.807, 2.05) is 0 Å². The first-order valence-corrected chi connectivity index (χ1v) is 9.91. The van der Waals surface area contributed by atoms with Gasteiger partial charge in [-0.25, -0.2) is 0 Å². The van der Waals surface area contributed by atoms with Crippen molar-refractivity contribution in [2.24, 2.45) is 5.92 Å². The Balaban J connectivity index is 2.71. The fourth-order valence-corrected chi connectivity index (χ4v) is 3.67. The molecule has 0 aromatic carbocycles. The average Bonchev–Trinajstić information content (AvgIpc) is 2.24. The Morgan fingerprint density at radius 2 is 1.79 bits per heavy atom. The van der Waals surface area contributed by atoms with E-state index in [4.69, 9.17) is 9.16 Å². The van der Waals surface area contributed by atoms with Crippen LogP contribution in [0.4, 0.5) is 0 Å². The fourth-order valence-electron chi connectivity index (χ4n) is 2.29. The van der Waals surface area contributed by atoms with Crippen molar-refractivity contribution in [2.45, 2.75) is 70.4 Å². The Bertz CT molecular complexity index is 322. The first kappa shape index (κ1) is 16.7. The number of ether oxygens (including phenoxy) is 1. The van der Waals surface area contributed by atoms with Crippen LogP contribution in [0, 0.1) is 5.92 Å². The van der Waals surface area contributed by atoms with E-state index in [9.17, 15) is 9.90 Å². The molecule has 1 rings (SSSR count). The third-order valence-electron chi connectivity index (χ3n) is 4.44. The van der Waals surface area contributed by atoms with Gasteiger partial charge in [0.05, 0.1) is 19.1 Å². The molecule has 1 N–H and O–H groups in total. The molecular weight excluding hydrogens is 260 g/mol. The van der Waals surface area contributed by atoms with Crippen molar-refractivity contribution in [3.8, 4) is 0 Å². The van der Waals surface area contributed by atoms with Crippen molar-refractivity contribution in [1.29, 1.82) is 0 Å². The molecule has 0 amide bonds. The van der Waals surface area contributed by atoms with Gasteiger partial charge >= 0.3 is 5.97 Å². The zero-order valence-corrected chi connectivity index (χ0v) is 14.0. The highest BCUT2D eigenvalue weighted by Crippen LogP contribution is 2.39. The lowest BCUT2D eigenvalue weighted by Crippen LogP contribution is -2.47. The van der Waals surface area contributed by atoms with E-state index in [0.717, 1.165) is 0 Å². The molecule has 0 aliphatic heterocycles. The molecule has 0 unspecified atom stereocenters. The second-order valence-corrected chi connectivity index (χ2v) is 11.8. The fraction of sp³-hybridized carbons (Fsp3) is 0.929. The summed E-state index contributed by atoms with van der Waals surface area (Å²) in [6.07, 6.45) is 1.28. The van der Waals surface area contributed by atoms with E-state index >= 15 is 0 Å². The molecule has 0 bridgehead atoms. The van der Waals surface area contributed by atoms with E-state index in [-0.39, 0.29) is 23.0 Å². The number of carbonyl (C=O) groups is 1. The van der Waals surface area contributed by atoms with Crippen LogP contribution in [0.5, 0.6) is 0 Å². The molecule has 19 heavy (non-hydrogen) atoms. The van der Waals surface area contributed by atoms with Crippen LogP contribution in [-0.2, 0) is 14.0 Å². The Kier molecular flexibility index (Phi) is 5.20. The molecule has 0 aromatic heterocycles. The van der Waals surface area contributed by atoms with Crippen molar-refractivity contribution in [1.82, 2.24) is 0 Å². The van der Waals surface area contributed by atoms with Crippen molar-refractivity contribution in [3.63, 3.8) is 0 Å². The number of aliphatic hydroxyl groups excluding tert-OH is 1. The molecule has 1 fully saturated rings. The molecule has 4 nitrogen and oxygen atoms in total. The van der Waals surface area contributed by atoms with Crippen molar-refractivity contribution in [3.05, 3.63) is 0 Å². The summed E-state index contributed by atoms with van der Waals surface area (Å²) in [6, 6.07) is 0. The number of rotatable bonds is 3. The van der Waals surface area contributed by atoms with E-state index in [0.29, 0.717) is 19.3 Å². The summed E-state index contributed by atoms with van der Waals surface area (Å²) < 4.78 is 11.1. The van der Waals surface area contributed by atoms with E-state index in [2.05, 4.69) is 33.9 Å². The van der Waals surface area contributed by atoms with Crippen LogP contribution in [0.15, 0.2) is 0 Å². The lowest BCUT2D eigenvalue weighted by molar-refractivity contribution is -0.149. The van der Waals surface area contributed by atoms with Gasteiger partial charge in [0.15, 0.2) is 8.32 Å². The molecule has 1 aliphatic rings. The van der Waals surface area contributed by atoms with Crippen molar-refractivity contribution < 1.29 is 19.1 Å². The maximum Gasteiger partial charge on any atom is 0.308 e. The molecule has 5 heteroatoms. The number of methoxy groups -OCH3 is 1. The summed E-state index contributed by atoms with van der Waals surface area (Å²) >= 11 is 0. The Hall–Kier alpha value is -0.393. The number of hydrogen-bond acceptors (Lipinski definition) is 4. The first-order chi connectivity index (χ1) is 8.56. The maximum absolute atomic E-state index is 11.6. The highest BCUT2D eigenvalue weighted by molar-refractivity contribution is 6.74. The molecule has 3 atom stereocenters. The number of esters is 1. The van der Waals surface area contributed by atoms with Gasteiger partial charge < -0.3 is 14.3 Å². The SMILES string of the molecule is COC(=O)[C@H]1C[C@@H](O)C[C@H](O[Si](C)(C)C(C)(C)C)C1. The molecule has 0 heterocycles. The summed E-state index contributed by atoms with van der Waals surface area (Å²) in [5.41, 5.74) is 0. The van der Waals surface area contributed by atoms with E-state index in [1.165, 1.54) is 7.11 Å². The van der Waals surface area contributed by atoms with Crippen LogP contribution >= 0.6 is 0 Å². The minimum Gasteiger partial charge on any atom is -0.469 e. The minimum absolute atomic E-state index is 0.0336. The van der Waals surface area contributed by atoms with Gasteiger partial charge in [0.2, 0.25) is 0 Å². The average molecular weight is 288 g/mol. The minimum atomic E-state index is -1.86. The summed E-state index contributed by atoms with van der Waals surface area (Å²) in [5, 5.41) is 10.1. The Morgan fingerprint density at radius 1 is 1.21 bits per heavy atom. The highest BCUT2D eigenvalue weighted by atomic mass is 28.4. The van der Waals surface area contributed by atoms with Gasteiger partial charge in [-0.05, 0) is 37.4 Å². The van der Waals surface area contributed by atoms with E-state index < -0.39 is 14.4 Å². The monoisotopic (exact) mass is 288 g/mol. The first-order valence-electron chi connectivity index (χ1n) is 7.00. The molecule has 0 radical (unpaired) electrons. The van der Waals surface area contributed by atoms with Crippen LogP contribution in [0.1, 0.15) is 40.0 Å². The molecule has 112 valence electrons. The number of carbonyl (C=O) groups excluding carboxylic acids is 1. The Labute approximate surface area is 117 Å². The summed E-state index contributed by atoms with van der Waals surface area (Å²) in [4.78, 5) is 11.6. The third-order valence-corrected chi connectivity index (χ3v) is 8.98. The predicted octanol–water partition coefficient (Wildman–Crippen LogP) is 2.71. The van der Waals surface area contributed by atoms with Gasteiger partial charge in [-0.1, -0.05) is 20.8 Å². The molecule has 0 saturated heterocycles.